The van der Waals surface area contributed by atoms with Gasteiger partial charge in [-0.2, -0.15) is 0 Å². The minimum Gasteiger partial charge on any atom is -0.467 e. The largest absolute Gasteiger partial charge is 0.467 e. The van der Waals surface area contributed by atoms with E-state index in [-0.39, 0.29) is 5.91 Å². The van der Waals surface area contributed by atoms with Crippen molar-refractivity contribution in [1.29, 1.82) is 0 Å². The number of alkyl halides is 1. The van der Waals surface area contributed by atoms with Crippen LogP contribution in [0.25, 0.3) is 0 Å². The lowest BCUT2D eigenvalue weighted by Crippen LogP contribution is -2.42. The van der Waals surface area contributed by atoms with Crippen LogP contribution in [-0.4, -0.2) is 30.4 Å². The van der Waals surface area contributed by atoms with Crippen molar-refractivity contribution >= 4 is 23.5 Å². The predicted octanol–water partition coefficient (Wildman–Crippen LogP) is 0.291. The number of carbonyl (C=O) groups is 2. The summed E-state index contributed by atoms with van der Waals surface area (Å²) in [5, 5.41) is 1.74. The highest BCUT2D eigenvalue weighted by Crippen LogP contribution is 1.94. The van der Waals surface area contributed by atoms with Crippen molar-refractivity contribution in [3.63, 3.8) is 0 Å². The monoisotopic (exact) mass is 193 g/mol. The van der Waals surface area contributed by atoms with Gasteiger partial charge in [0.2, 0.25) is 5.91 Å². The number of hydrogen-bond acceptors (Lipinski definition) is 3. The van der Waals surface area contributed by atoms with E-state index in [1.165, 1.54) is 21.0 Å². The summed E-state index contributed by atoms with van der Waals surface area (Å²) in [7, 11) is 1.26. The lowest BCUT2D eigenvalue weighted by Gasteiger charge is -2.11. The van der Waals surface area contributed by atoms with Crippen molar-refractivity contribution in [3.05, 3.63) is 0 Å². The number of amides is 1. The fraction of sp³-hybridized carbons (Fsp3) is 0.714. The molecule has 0 aromatic carbocycles. The normalized spacial score (nSPS) is 14.7. The summed E-state index contributed by atoms with van der Waals surface area (Å²) in [6, 6.07) is -0.649. The first kappa shape index (κ1) is 11.2. The van der Waals surface area contributed by atoms with E-state index in [1.807, 2.05) is 0 Å². The van der Waals surface area contributed by atoms with Crippen LogP contribution >= 0.6 is 11.6 Å². The van der Waals surface area contributed by atoms with E-state index in [1.54, 1.807) is 0 Å². The molecule has 0 fully saturated rings. The van der Waals surface area contributed by atoms with Crippen molar-refractivity contribution in [2.75, 3.05) is 7.11 Å². The van der Waals surface area contributed by atoms with E-state index in [9.17, 15) is 9.59 Å². The van der Waals surface area contributed by atoms with E-state index in [2.05, 4.69) is 10.1 Å². The smallest absolute Gasteiger partial charge is 0.328 e. The van der Waals surface area contributed by atoms with E-state index < -0.39 is 17.4 Å². The molecular weight excluding hydrogens is 182 g/mol. The number of halogens is 1. The van der Waals surface area contributed by atoms with E-state index in [4.69, 9.17) is 11.6 Å². The Kier molecular flexibility index (Phi) is 4.66. The fourth-order valence-electron chi connectivity index (χ4n) is 0.564. The lowest BCUT2D eigenvalue weighted by molar-refractivity contribution is -0.144. The Labute approximate surface area is 76.2 Å². The van der Waals surface area contributed by atoms with Gasteiger partial charge in [-0.1, -0.05) is 0 Å². The Bertz CT molecular complexity index is 181. The number of hydrogen-bond donors (Lipinski definition) is 1. The number of esters is 1. The zero-order valence-corrected chi connectivity index (χ0v) is 8.01. The van der Waals surface area contributed by atoms with Gasteiger partial charge in [0, 0.05) is 0 Å². The van der Waals surface area contributed by atoms with Gasteiger partial charge in [0.05, 0.1) is 7.11 Å². The summed E-state index contributed by atoms with van der Waals surface area (Å²) in [6.07, 6.45) is 0. The number of rotatable bonds is 3. The predicted molar refractivity (Wildman–Crippen MR) is 44.9 cm³/mol. The lowest BCUT2D eigenvalue weighted by atomic mass is 10.3. The SMILES string of the molecule is COC(=O)[C@H](C)NC(=O)C(C)Cl. The fourth-order valence-corrected chi connectivity index (χ4v) is 0.627. The molecule has 70 valence electrons. The molecule has 1 unspecified atom stereocenters. The molecule has 0 aliphatic heterocycles. The Morgan fingerprint density at radius 2 is 1.92 bits per heavy atom. The number of carbonyl (C=O) groups excluding carboxylic acids is 2. The molecule has 0 aromatic rings. The average molecular weight is 194 g/mol. The molecule has 0 heterocycles. The molecule has 5 heteroatoms. The second-order valence-electron chi connectivity index (χ2n) is 2.37. The quantitative estimate of drug-likeness (QED) is 0.518. The summed E-state index contributed by atoms with van der Waals surface area (Å²) < 4.78 is 4.40. The van der Waals surface area contributed by atoms with Crippen LogP contribution in [0.15, 0.2) is 0 Å². The van der Waals surface area contributed by atoms with Crippen LogP contribution in [0.5, 0.6) is 0 Å². The molecular formula is C7H12ClNO3. The molecule has 0 saturated heterocycles. The van der Waals surface area contributed by atoms with Crippen LogP contribution in [0.2, 0.25) is 0 Å². The zero-order valence-electron chi connectivity index (χ0n) is 7.26. The first-order valence-corrected chi connectivity index (χ1v) is 3.95. The van der Waals surface area contributed by atoms with E-state index in [0.29, 0.717) is 0 Å². The van der Waals surface area contributed by atoms with Gasteiger partial charge in [-0.3, -0.25) is 4.79 Å². The molecule has 2 atom stereocenters. The van der Waals surface area contributed by atoms with Gasteiger partial charge in [-0.25, -0.2) is 4.79 Å². The highest BCUT2D eigenvalue weighted by Gasteiger charge is 2.17. The number of methoxy groups -OCH3 is 1. The highest BCUT2D eigenvalue weighted by molar-refractivity contribution is 6.30. The molecule has 1 amide bonds. The zero-order chi connectivity index (χ0) is 9.72. The maximum Gasteiger partial charge on any atom is 0.328 e. The third-order valence-corrected chi connectivity index (χ3v) is 1.47. The second-order valence-corrected chi connectivity index (χ2v) is 3.02. The second kappa shape index (κ2) is 4.98. The molecule has 0 aliphatic carbocycles. The minimum atomic E-state index is -0.649. The highest BCUT2D eigenvalue weighted by atomic mass is 35.5. The molecule has 0 aromatic heterocycles. The van der Waals surface area contributed by atoms with Crippen LogP contribution in [-0.2, 0) is 14.3 Å². The van der Waals surface area contributed by atoms with Gasteiger partial charge < -0.3 is 10.1 Å². The standard InChI is InChI=1S/C7H12ClNO3/c1-4(8)6(10)9-5(2)7(11)12-3/h4-5H,1-3H3,(H,9,10)/t4?,5-/m0/s1. The summed E-state index contributed by atoms with van der Waals surface area (Å²) in [5.74, 6) is -0.866. The van der Waals surface area contributed by atoms with E-state index >= 15 is 0 Å². The third kappa shape index (κ3) is 3.57. The molecule has 0 saturated carbocycles. The summed E-state index contributed by atoms with van der Waals surface area (Å²) in [6.45, 7) is 3.06. The van der Waals surface area contributed by atoms with Crippen molar-refractivity contribution in [3.8, 4) is 0 Å². The van der Waals surface area contributed by atoms with Crippen molar-refractivity contribution in [1.82, 2.24) is 5.32 Å². The minimum absolute atomic E-state index is 0.380. The topological polar surface area (TPSA) is 55.4 Å². The van der Waals surface area contributed by atoms with Crippen LogP contribution in [0.1, 0.15) is 13.8 Å². The van der Waals surface area contributed by atoms with Gasteiger partial charge in [-0.05, 0) is 13.8 Å². The third-order valence-electron chi connectivity index (χ3n) is 1.27. The van der Waals surface area contributed by atoms with Crippen LogP contribution in [0.4, 0.5) is 0 Å². The molecule has 4 nitrogen and oxygen atoms in total. The first-order chi connectivity index (χ1) is 5.49. The molecule has 0 aliphatic rings. The maximum absolute atomic E-state index is 10.9. The summed E-state index contributed by atoms with van der Waals surface area (Å²) in [4.78, 5) is 21.7. The van der Waals surface area contributed by atoms with Crippen LogP contribution < -0.4 is 5.32 Å². The Balaban J connectivity index is 3.92. The summed E-state index contributed by atoms with van der Waals surface area (Å²) in [5.41, 5.74) is 0. The van der Waals surface area contributed by atoms with Gasteiger partial charge in [0.1, 0.15) is 11.4 Å². The van der Waals surface area contributed by atoms with Gasteiger partial charge >= 0.3 is 5.97 Å². The Hall–Kier alpha value is -0.770. The molecule has 0 radical (unpaired) electrons. The van der Waals surface area contributed by atoms with Crippen molar-refractivity contribution < 1.29 is 14.3 Å². The molecule has 1 N–H and O–H groups in total. The molecule has 0 rings (SSSR count). The first-order valence-electron chi connectivity index (χ1n) is 3.51. The van der Waals surface area contributed by atoms with E-state index in [0.717, 1.165) is 0 Å². The Morgan fingerprint density at radius 3 is 2.25 bits per heavy atom. The van der Waals surface area contributed by atoms with Gasteiger partial charge in [-0.15, -0.1) is 11.6 Å². The molecule has 0 spiro atoms. The van der Waals surface area contributed by atoms with Gasteiger partial charge in [0.25, 0.3) is 0 Å². The average Bonchev–Trinajstić information content (AvgIpc) is 2.02. The number of ether oxygens (including phenoxy) is 1. The number of nitrogens with one attached hydrogen (secondary N) is 1. The van der Waals surface area contributed by atoms with Crippen LogP contribution in [0, 0.1) is 0 Å². The van der Waals surface area contributed by atoms with Gasteiger partial charge in [0.15, 0.2) is 0 Å². The maximum atomic E-state index is 10.9. The molecule has 12 heavy (non-hydrogen) atoms. The Morgan fingerprint density at radius 1 is 1.42 bits per heavy atom. The summed E-state index contributed by atoms with van der Waals surface area (Å²) >= 11 is 5.46. The van der Waals surface area contributed by atoms with Crippen molar-refractivity contribution in [2.24, 2.45) is 0 Å². The van der Waals surface area contributed by atoms with Crippen molar-refractivity contribution in [2.45, 2.75) is 25.3 Å². The molecule has 0 bridgehead atoms. The van der Waals surface area contributed by atoms with Crippen LogP contribution in [0.3, 0.4) is 0 Å².